The number of nitriles is 1. The van der Waals surface area contributed by atoms with Crippen LogP contribution in [0.3, 0.4) is 0 Å². The van der Waals surface area contributed by atoms with Gasteiger partial charge in [0, 0.05) is 12.6 Å². The van der Waals surface area contributed by atoms with Crippen LogP contribution in [0.2, 0.25) is 0 Å². The molecule has 3 heteroatoms. The molecule has 0 aromatic heterocycles. The number of hydrogen-bond donors (Lipinski definition) is 1. The lowest BCUT2D eigenvalue weighted by molar-refractivity contribution is 0.148. The summed E-state index contributed by atoms with van der Waals surface area (Å²) in [6, 6.07) is 3.18. The maximum absolute atomic E-state index is 9.71. The fourth-order valence-corrected chi connectivity index (χ4v) is 2.78. The van der Waals surface area contributed by atoms with Crippen LogP contribution in [0.1, 0.15) is 59.8 Å². The average molecular weight is 265 g/mol. The standard InChI is InChI=1S/C16H31N3/c1-5-8-11-19(14(4)6-2)13-16(12-17,18-7-3)15-9-10-15/h14-15,18H,5-11,13H2,1-4H3. The molecule has 0 bridgehead atoms. The van der Waals surface area contributed by atoms with E-state index in [1.165, 1.54) is 25.7 Å². The Balaban J connectivity index is 2.74. The molecule has 0 radical (unpaired) electrons. The highest BCUT2D eigenvalue weighted by molar-refractivity contribution is 5.16. The summed E-state index contributed by atoms with van der Waals surface area (Å²) >= 11 is 0. The lowest BCUT2D eigenvalue weighted by Gasteiger charge is -2.37. The van der Waals surface area contributed by atoms with E-state index in [2.05, 4.69) is 44.0 Å². The molecule has 0 aliphatic heterocycles. The highest BCUT2D eigenvalue weighted by Gasteiger charge is 2.46. The zero-order valence-corrected chi connectivity index (χ0v) is 13.2. The molecule has 0 saturated heterocycles. The molecule has 110 valence electrons. The van der Waals surface area contributed by atoms with Crippen molar-refractivity contribution in [2.75, 3.05) is 19.6 Å². The van der Waals surface area contributed by atoms with E-state index in [-0.39, 0.29) is 5.54 Å². The Labute approximate surface area is 119 Å². The molecule has 0 aromatic rings. The Hall–Kier alpha value is -0.590. The van der Waals surface area contributed by atoms with Gasteiger partial charge >= 0.3 is 0 Å². The minimum atomic E-state index is -0.314. The monoisotopic (exact) mass is 265 g/mol. The first-order valence-electron chi connectivity index (χ1n) is 8.03. The summed E-state index contributed by atoms with van der Waals surface area (Å²) in [7, 11) is 0. The first-order valence-corrected chi connectivity index (χ1v) is 8.03. The molecular formula is C16H31N3. The Morgan fingerprint density at radius 2 is 2.05 bits per heavy atom. The van der Waals surface area contributed by atoms with Gasteiger partial charge in [0.15, 0.2) is 0 Å². The van der Waals surface area contributed by atoms with E-state index < -0.39 is 0 Å². The van der Waals surface area contributed by atoms with Gasteiger partial charge in [-0.3, -0.25) is 10.2 Å². The first-order chi connectivity index (χ1) is 9.13. The average Bonchev–Trinajstić information content (AvgIpc) is 3.26. The highest BCUT2D eigenvalue weighted by Crippen LogP contribution is 2.40. The van der Waals surface area contributed by atoms with E-state index >= 15 is 0 Å². The highest BCUT2D eigenvalue weighted by atomic mass is 15.2. The number of likely N-dealkylation sites (N-methyl/N-ethyl adjacent to an activating group) is 1. The van der Waals surface area contributed by atoms with Gasteiger partial charge in [0.1, 0.15) is 5.54 Å². The predicted octanol–water partition coefficient (Wildman–Crippen LogP) is 3.17. The SMILES string of the molecule is CCCCN(CC(C#N)(NCC)C1CC1)C(C)CC. The molecule has 1 rings (SSSR count). The molecule has 1 N–H and O–H groups in total. The van der Waals surface area contributed by atoms with E-state index in [0.717, 1.165) is 26.1 Å². The fourth-order valence-electron chi connectivity index (χ4n) is 2.78. The van der Waals surface area contributed by atoms with Crippen LogP contribution in [0, 0.1) is 17.2 Å². The van der Waals surface area contributed by atoms with Gasteiger partial charge in [0.05, 0.1) is 6.07 Å². The molecule has 0 amide bonds. The summed E-state index contributed by atoms with van der Waals surface area (Å²) in [5.74, 6) is 0.561. The summed E-state index contributed by atoms with van der Waals surface area (Å²) in [6.45, 7) is 11.8. The van der Waals surface area contributed by atoms with Crippen LogP contribution in [0.5, 0.6) is 0 Å². The van der Waals surface area contributed by atoms with Crippen molar-refractivity contribution in [1.29, 1.82) is 5.26 Å². The van der Waals surface area contributed by atoms with Crippen molar-refractivity contribution < 1.29 is 0 Å². The second kappa shape index (κ2) is 7.87. The van der Waals surface area contributed by atoms with Gasteiger partial charge in [-0.1, -0.05) is 27.2 Å². The second-order valence-electron chi connectivity index (χ2n) is 5.97. The molecule has 1 fully saturated rings. The molecule has 19 heavy (non-hydrogen) atoms. The Bertz CT molecular complexity index is 293. The maximum atomic E-state index is 9.71. The third kappa shape index (κ3) is 4.47. The topological polar surface area (TPSA) is 39.1 Å². The third-order valence-corrected chi connectivity index (χ3v) is 4.43. The second-order valence-corrected chi connectivity index (χ2v) is 5.97. The van der Waals surface area contributed by atoms with Gasteiger partial charge in [-0.2, -0.15) is 5.26 Å². The van der Waals surface area contributed by atoms with Crippen molar-refractivity contribution in [1.82, 2.24) is 10.2 Å². The lowest BCUT2D eigenvalue weighted by atomic mass is 9.93. The van der Waals surface area contributed by atoms with Crippen LogP contribution < -0.4 is 5.32 Å². The normalized spacial score (nSPS) is 20.0. The summed E-state index contributed by atoms with van der Waals surface area (Å²) < 4.78 is 0. The summed E-state index contributed by atoms with van der Waals surface area (Å²) in [6.07, 6.45) is 6.02. The molecule has 2 unspecified atom stereocenters. The summed E-state index contributed by atoms with van der Waals surface area (Å²) in [4.78, 5) is 2.52. The zero-order chi connectivity index (χ0) is 14.3. The molecule has 1 saturated carbocycles. The van der Waals surface area contributed by atoms with Crippen molar-refractivity contribution in [3.8, 4) is 6.07 Å². The van der Waals surface area contributed by atoms with E-state index in [1.807, 2.05) is 0 Å². The number of unbranched alkanes of at least 4 members (excludes halogenated alkanes) is 1. The van der Waals surface area contributed by atoms with Crippen LogP contribution in [0.15, 0.2) is 0 Å². The van der Waals surface area contributed by atoms with E-state index in [9.17, 15) is 5.26 Å². The van der Waals surface area contributed by atoms with Crippen LogP contribution >= 0.6 is 0 Å². The number of nitrogens with zero attached hydrogens (tertiary/aromatic N) is 2. The zero-order valence-electron chi connectivity index (χ0n) is 13.2. The van der Waals surface area contributed by atoms with Crippen LogP contribution in [-0.2, 0) is 0 Å². The Morgan fingerprint density at radius 1 is 1.37 bits per heavy atom. The lowest BCUT2D eigenvalue weighted by Crippen LogP contribution is -2.56. The molecule has 0 heterocycles. The van der Waals surface area contributed by atoms with Crippen molar-refractivity contribution in [2.45, 2.75) is 71.4 Å². The third-order valence-electron chi connectivity index (χ3n) is 4.43. The van der Waals surface area contributed by atoms with Crippen molar-refractivity contribution >= 4 is 0 Å². The summed E-state index contributed by atoms with van der Waals surface area (Å²) in [5, 5.41) is 13.2. The quantitative estimate of drug-likeness (QED) is 0.659. The van der Waals surface area contributed by atoms with Crippen molar-refractivity contribution in [2.24, 2.45) is 5.92 Å². The maximum Gasteiger partial charge on any atom is 0.122 e. The predicted molar refractivity (Wildman–Crippen MR) is 81.0 cm³/mol. The number of hydrogen-bond acceptors (Lipinski definition) is 3. The summed E-state index contributed by atoms with van der Waals surface area (Å²) in [5.41, 5.74) is -0.314. The minimum absolute atomic E-state index is 0.314. The van der Waals surface area contributed by atoms with Gasteiger partial charge in [-0.25, -0.2) is 0 Å². The molecular weight excluding hydrogens is 234 g/mol. The van der Waals surface area contributed by atoms with Gasteiger partial charge in [-0.05, 0) is 51.6 Å². The number of nitrogens with one attached hydrogen (secondary N) is 1. The molecule has 0 aromatic carbocycles. The smallest absolute Gasteiger partial charge is 0.122 e. The Kier molecular flexibility index (Phi) is 6.82. The fraction of sp³-hybridized carbons (Fsp3) is 0.938. The molecule has 0 spiro atoms. The van der Waals surface area contributed by atoms with E-state index in [1.54, 1.807) is 0 Å². The van der Waals surface area contributed by atoms with E-state index in [4.69, 9.17) is 0 Å². The molecule has 1 aliphatic carbocycles. The number of rotatable bonds is 10. The minimum Gasteiger partial charge on any atom is -0.298 e. The molecule has 1 aliphatic rings. The van der Waals surface area contributed by atoms with Gasteiger partial charge in [0.2, 0.25) is 0 Å². The van der Waals surface area contributed by atoms with Crippen molar-refractivity contribution in [3.05, 3.63) is 0 Å². The van der Waals surface area contributed by atoms with Crippen LogP contribution in [0.4, 0.5) is 0 Å². The largest absolute Gasteiger partial charge is 0.298 e. The van der Waals surface area contributed by atoms with Gasteiger partial charge in [0.25, 0.3) is 0 Å². The molecule has 3 nitrogen and oxygen atoms in total. The van der Waals surface area contributed by atoms with Crippen LogP contribution in [0.25, 0.3) is 0 Å². The van der Waals surface area contributed by atoms with Crippen LogP contribution in [-0.4, -0.2) is 36.1 Å². The first kappa shape index (κ1) is 16.5. The van der Waals surface area contributed by atoms with Gasteiger partial charge < -0.3 is 0 Å². The molecule has 2 atom stereocenters. The Morgan fingerprint density at radius 3 is 2.47 bits per heavy atom. The van der Waals surface area contributed by atoms with E-state index in [0.29, 0.717) is 12.0 Å². The van der Waals surface area contributed by atoms with Gasteiger partial charge in [-0.15, -0.1) is 0 Å². The van der Waals surface area contributed by atoms with Crippen molar-refractivity contribution in [3.63, 3.8) is 0 Å².